The maximum Gasteiger partial charge on any atom is 0.343 e. The summed E-state index contributed by atoms with van der Waals surface area (Å²) < 4.78 is 15.6. The number of esters is 1. The van der Waals surface area contributed by atoms with E-state index in [-0.39, 0.29) is 17.3 Å². The van der Waals surface area contributed by atoms with Gasteiger partial charge in [0.25, 0.3) is 0 Å². The van der Waals surface area contributed by atoms with Gasteiger partial charge in [0.15, 0.2) is 11.5 Å². The van der Waals surface area contributed by atoms with Crippen LogP contribution in [-0.2, 0) is 22.4 Å². The maximum atomic E-state index is 11.5. The number of aryl methyl sites for hydroxylation is 1. The van der Waals surface area contributed by atoms with E-state index in [9.17, 15) is 9.90 Å². The molecule has 0 aromatic carbocycles. The molecule has 5 nitrogen and oxygen atoms in total. The normalized spacial score (nSPS) is 17.1. The first kappa shape index (κ1) is 21.8. The molecule has 1 N–H and O–H groups in total. The highest BCUT2D eigenvalue weighted by molar-refractivity contribution is 5.93. The third-order valence-electron chi connectivity index (χ3n) is 5.48. The number of hydrogen-bond donors (Lipinski definition) is 1. The molecule has 0 aliphatic carbocycles. The minimum Gasteiger partial charge on any atom is -0.504 e. The first-order valence-electron chi connectivity index (χ1n) is 10.5. The topological polar surface area (TPSA) is 72.8 Å². The van der Waals surface area contributed by atoms with Crippen LogP contribution in [0.1, 0.15) is 63.1 Å². The molecule has 3 rings (SSSR count). The summed E-state index contributed by atoms with van der Waals surface area (Å²) in [4.78, 5) is 11.5. The fourth-order valence-corrected chi connectivity index (χ4v) is 3.58. The summed E-state index contributed by atoms with van der Waals surface area (Å²) in [6.45, 7) is 5.81. The van der Waals surface area contributed by atoms with E-state index in [0.717, 1.165) is 44.1 Å². The molecule has 30 heavy (non-hydrogen) atoms. The number of ether oxygens (including phenoxy) is 1. The van der Waals surface area contributed by atoms with Crippen molar-refractivity contribution in [1.29, 1.82) is 0 Å². The molecular formula is C25H30O5. The lowest BCUT2D eigenvalue weighted by Crippen LogP contribution is -1.98. The van der Waals surface area contributed by atoms with E-state index in [1.807, 2.05) is 24.7 Å². The zero-order chi connectivity index (χ0) is 21.5. The highest BCUT2D eigenvalue weighted by Gasteiger charge is 2.26. The molecule has 1 aliphatic heterocycles. The first-order chi connectivity index (χ1) is 14.4. The summed E-state index contributed by atoms with van der Waals surface area (Å²) in [6, 6.07) is 1.98. The molecule has 3 heterocycles. The molecule has 0 amide bonds. The average Bonchev–Trinajstić information content (AvgIpc) is 3.43. The fraction of sp³-hybridized carbons (Fsp3) is 0.400. The Balaban J connectivity index is 1.40. The Morgan fingerprint density at radius 1 is 1.20 bits per heavy atom. The fourth-order valence-electron chi connectivity index (χ4n) is 3.58. The average molecular weight is 411 g/mol. The molecule has 2 aromatic heterocycles. The highest BCUT2D eigenvalue weighted by atomic mass is 16.6. The van der Waals surface area contributed by atoms with Gasteiger partial charge in [-0.05, 0) is 80.7 Å². The van der Waals surface area contributed by atoms with Crippen LogP contribution in [0.25, 0.3) is 0 Å². The molecule has 0 saturated heterocycles. The molecule has 1 unspecified atom stereocenters. The van der Waals surface area contributed by atoms with Crippen LogP contribution in [0.3, 0.4) is 0 Å². The minimum atomic E-state index is -0.463. The van der Waals surface area contributed by atoms with Crippen LogP contribution in [0.5, 0.6) is 0 Å². The van der Waals surface area contributed by atoms with Crippen LogP contribution in [0, 0.1) is 5.92 Å². The molecule has 1 atom stereocenters. The van der Waals surface area contributed by atoms with Crippen molar-refractivity contribution >= 4 is 5.97 Å². The first-order valence-corrected chi connectivity index (χ1v) is 10.5. The molecular weight excluding hydrogens is 380 g/mol. The number of allylic oxidation sites excluding steroid dienone is 3. The van der Waals surface area contributed by atoms with Crippen LogP contribution in [0.15, 0.2) is 74.8 Å². The monoisotopic (exact) mass is 410 g/mol. The lowest BCUT2D eigenvalue weighted by atomic mass is 9.99. The van der Waals surface area contributed by atoms with E-state index in [0.29, 0.717) is 5.76 Å². The predicted molar refractivity (Wildman–Crippen MR) is 115 cm³/mol. The van der Waals surface area contributed by atoms with Gasteiger partial charge in [-0.15, -0.1) is 0 Å². The second kappa shape index (κ2) is 10.2. The number of aliphatic hydroxyl groups is 1. The van der Waals surface area contributed by atoms with Gasteiger partial charge >= 0.3 is 5.97 Å². The van der Waals surface area contributed by atoms with Crippen LogP contribution < -0.4 is 0 Å². The second-order valence-electron chi connectivity index (χ2n) is 8.08. The zero-order valence-electron chi connectivity index (χ0n) is 17.9. The van der Waals surface area contributed by atoms with Gasteiger partial charge in [0, 0.05) is 6.42 Å². The summed E-state index contributed by atoms with van der Waals surface area (Å²) in [5.41, 5.74) is 5.26. The smallest absolute Gasteiger partial charge is 0.343 e. The highest BCUT2D eigenvalue weighted by Crippen LogP contribution is 2.26. The predicted octanol–water partition coefficient (Wildman–Crippen LogP) is 6.42. The van der Waals surface area contributed by atoms with Gasteiger partial charge < -0.3 is 18.7 Å². The molecule has 0 saturated carbocycles. The molecule has 0 spiro atoms. The van der Waals surface area contributed by atoms with Crippen LogP contribution in [0.2, 0.25) is 0 Å². The Kier molecular flexibility index (Phi) is 7.39. The Morgan fingerprint density at radius 3 is 2.70 bits per heavy atom. The Bertz CT molecular complexity index is 940. The molecule has 2 aromatic rings. The minimum absolute atomic E-state index is 0.0330. The molecule has 0 bridgehead atoms. The van der Waals surface area contributed by atoms with Crippen molar-refractivity contribution in [3.8, 4) is 0 Å². The summed E-state index contributed by atoms with van der Waals surface area (Å²) >= 11 is 0. The van der Waals surface area contributed by atoms with Gasteiger partial charge in [0.2, 0.25) is 0 Å². The summed E-state index contributed by atoms with van der Waals surface area (Å²) in [5.74, 6) is 0.0262. The number of furan rings is 2. The van der Waals surface area contributed by atoms with E-state index >= 15 is 0 Å². The van der Waals surface area contributed by atoms with Crippen molar-refractivity contribution in [1.82, 2.24) is 0 Å². The van der Waals surface area contributed by atoms with Crippen LogP contribution in [-0.4, -0.2) is 11.1 Å². The Hall–Kier alpha value is -2.95. The van der Waals surface area contributed by atoms with Gasteiger partial charge in [0.1, 0.15) is 0 Å². The van der Waals surface area contributed by atoms with E-state index in [1.54, 1.807) is 19.5 Å². The molecule has 160 valence electrons. The lowest BCUT2D eigenvalue weighted by Gasteiger charge is -2.08. The zero-order valence-corrected chi connectivity index (χ0v) is 17.9. The van der Waals surface area contributed by atoms with E-state index in [1.165, 1.54) is 16.7 Å². The van der Waals surface area contributed by atoms with Crippen molar-refractivity contribution in [3.63, 3.8) is 0 Å². The number of carbonyl (C=O) groups excluding carboxylic acids is 1. The number of cyclic esters (lactones) is 1. The van der Waals surface area contributed by atoms with Crippen molar-refractivity contribution in [2.24, 2.45) is 5.92 Å². The van der Waals surface area contributed by atoms with Gasteiger partial charge in [-0.25, -0.2) is 4.79 Å². The largest absolute Gasteiger partial charge is 0.504 e. The van der Waals surface area contributed by atoms with Gasteiger partial charge in [-0.2, -0.15) is 0 Å². The third kappa shape index (κ3) is 5.78. The van der Waals surface area contributed by atoms with Gasteiger partial charge in [-0.3, -0.25) is 0 Å². The quantitative estimate of drug-likeness (QED) is 0.361. The SMILES string of the molecule is CC(=CCCc1cocc1Cc1ccoc1)CCCC(C)C=C1OC(=O)C(C)=C1O. The number of aliphatic hydroxyl groups excluding tert-OH is 1. The van der Waals surface area contributed by atoms with E-state index in [2.05, 4.69) is 19.9 Å². The van der Waals surface area contributed by atoms with E-state index < -0.39 is 5.97 Å². The van der Waals surface area contributed by atoms with Gasteiger partial charge in [0.05, 0.1) is 30.6 Å². The van der Waals surface area contributed by atoms with Crippen molar-refractivity contribution in [3.05, 3.63) is 82.6 Å². The second-order valence-corrected chi connectivity index (χ2v) is 8.08. The summed E-state index contributed by atoms with van der Waals surface area (Å²) in [6.07, 6.45) is 17.1. The standard InChI is InChI=1S/C25H30O5/c1-17(6-4-8-18(2)12-23-24(26)19(3)25(27)30-23)7-5-9-21-15-29-16-22(21)13-20-10-11-28-14-20/h7,10-12,14-16,18,26H,4-6,8-9,13H2,1-3H3. The number of rotatable bonds is 10. The Labute approximate surface area is 177 Å². The lowest BCUT2D eigenvalue weighted by molar-refractivity contribution is -0.133. The summed E-state index contributed by atoms with van der Waals surface area (Å²) in [7, 11) is 0. The Morgan fingerprint density at radius 2 is 2.00 bits per heavy atom. The van der Waals surface area contributed by atoms with Gasteiger partial charge in [-0.1, -0.05) is 18.6 Å². The molecule has 1 aliphatic rings. The molecule has 5 heteroatoms. The third-order valence-corrected chi connectivity index (χ3v) is 5.48. The van der Waals surface area contributed by atoms with Crippen LogP contribution >= 0.6 is 0 Å². The summed E-state index contributed by atoms with van der Waals surface area (Å²) in [5, 5.41) is 9.90. The van der Waals surface area contributed by atoms with Crippen molar-refractivity contribution in [2.75, 3.05) is 0 Å². The van der Waals surface area contributed by atoms with Crippen LogP contribution in [0.4, 0.5) is 0 Å². The molecule has 0 radical (unpaired) electrons. The number of carbonyl (C=O) groups is 1. The van der Waals surface area contributed by atoms with Crippen molar-refractivity contribution < 1.29 is 23.5 Å². The number of hydrogen-bond acceptors (Lipinski definition) is 5. The van der Waals surface area contributed by atoms with Crippen molar-refractivity contribution in [2.45, 2.75) is 59.3 Å². The maximum absolute atomic E-state index is 11.5. The molecule has 0 fully saturated rings. The van der Waals surface area contributed by atoms with E-state index in [4.69, 9.17) is 13.6 Å².